The summed E-state index contributed by atoms with van der Waals surface area (Å²) in [5.41, 5.74) is 0.587. The van der Waals surface area contributed by atoms with Crippen LogP contribution in [0.5, 0.6) is 5.75 Å². The average molecular weight is 201 g/mol. The lowest BCUT2D eigenvalue weighted by atomic mass is 10.3. The van der Waals surface area contributed by atoms with Crippen LogP contribution in [0.25, 0.3) is 0 Å². The van der Waals surface area contributed by atoms with E-state index in [1.54, 1.807) is 12.1 Å². The molecule has 0 aliphatic rings. The van der Waals surface area contributed by atoms with E-state index >= 15 is 0 Å². The van der Waals surface area contributed by atoms with Crippen LogP contribution in [-0.4, -0.2) is 19.4 Å². The molecule has 0 atom stereocenters. The molecule has 0 spiro atoms. The van der Waals surface area contributed by atoms with Crippen LogP contribution < -0.4 is 10.1 Å². The van der Waals surface area contributed by atoms with Gasteiger partial charge in [-0.1, -0.05) is 0 Å². The minimum absolute atomic E-state index is 0.349. The van der Waals surface area contributed by atoms with Gasteiger partial charge in [0.25, 0.3) is 6.43 Å². The SMILES string of the molecule is O=CNc1ccc(OCC(F)F)cc1. The molecule has 0 fully saturated rings. The molecule has 5 heteroatoms. The van der Waals surface area contributed by atoms with Gasteiger partial charge in [0, 0.05) is 5.69 Å². The Bertz CT molecular complexity index is 287. The molecule has 0 unspecified atom stereocenters. The van der Waals surface area contributed by atoms with Gasteiger partial charge in [0.1, 0.15) is 12.4 Å². The van der Waals surface area contributed by atoms with Gasteiger partial charge in [0.15, 0.2) is 0 Å². The Morgan fingerprint density at radius 2 is 2.00 bits per heavy atom. The van der Waals surface area contributed by atoms with E-state index in [1.807, 2.05) is 0 Å². The van der Waals surface area contributed by atoms with Crippen LogP contribution in [-0.2, 0) is 4.79 Å². The predicted molar refractivity (Wildman–Crippen MR) is 47.6 cm³/mol. The Morgan fingerprint density at radius 3 is 2.50 bits per heavy atom. The largest absolute Gasteiger partial charge is 0.488 e. The summed E-state index contributed by atoms with van der Waals surface area (Å²) in [5, 5.41) is 2.42. The monoisotopic (exact) mass is 201 g/mol. The molecule has 14 heavy (non-hydrogen) atoms. The lowest BCUT2D eigenvalue weighted by molar-refractivity contribution is -0.105. The number of carbonyl (C=O) groups excluding carboxylic acids is 1. The second-order valence-electron chi connectivity index (χ2n) is 2.49. The average Bonchev–Trinajstić information content (AvgIpc) is 2.17. The highest BCUT2D eigenvalue weighted by Crippen LogP contribution is 2.15. The molecule has 0 heterocycles. The van der Waals surface area contributed by atoms with Crippen molar-refractivity contribution in [1.29, 1.82) is 0 Å². The van der Waals surface area contributed by atoms with Gasteiger partial charge in [-0.3, -0.25) is 4.79 Å². The Morgan fingerprint density at radius 1 is 1.36 bits per heavy atom. The maximum Gasteiger partial charge on any atom is 0.272 e. The molecule has 0 aliphatic carbocycles. The second-order valence-corrected chi connectivity index (χ2v) is 2.49. The number of benzene rings is 1. The number of hydrogen-bond acceptors (Lipinski definition) is 2. The topological polar surface area (TPSA) is 38.3 Å². The Balaban J connectivity index is 2.50. The molecule has 0 aliphatic heterocycles. The first-order chi connectivity index (χ1) is 6.72. The van der Waals surface area contributed by atoms with Gasteiger partial charge in [0.05, 0.1) is 0 Å². The highest BCUT2D eigenvalue weighted by atomic mass is 19.3. The van der Waals surface area contributed by atoms with Crippen LogP contribution in [0.15, 0.2) is 24.3 Å². The third-order valence-corrected chi connectivity index (χ3v) is 1.46. The number of nitrogens with one attached hydrogen (secondary N) is 1. The molecule has 0 bridgehead atoms. The molecular formula is C9H9F2NO2. The van der Waals surface area contributed by atoms with Crippen molar-refractivity contribution in [2.45, 2.75) is 6.43 Å². The summed E-state index contributed by atoms with van der Waals surface area (Å²) in [5.74, 6) is 0.349. The number of hydrogen-bond donors (Lipinski definition) is 1. The summed E-state index contributed by atoms with van der Waals surface area (Å²) >= 11 is 0. The van der Waals surface area contributed by atoms with E-state index in [4.69, 9.17) is 4.74 Å². The molecule has 1 amide bonds. The highest BCUT2D eigenvalue weighted by molar-refractivity contribution is 5.71. The molecular weight excluding hydrogens is 192 g/mol. The number of alkyl halides is 2. The van der Waals surface area contributed by atoms with E-state index < -0.39 is 13.0 Å². The molecule has 1 N–H and O–H groups in total. The second kappa shape index (κ2) is 5.16. The first-order valence-corrected chi connectivity index (χ1v) is 3.93. The number of carbonyl (C=O) groups is 1. The zero-order valence-corrected chi connectivity index (χ0v) is 7.24. The van der Waals surface area contributed by atoms with Gasteiger partial charge < -0.3 is 10.1 Å². The van der Waals surface area contributed by atoms with Crippen LogP contribution >= 0.6 is 0 Å². The van der Waals surface area contributed by atoms with Crippen molar-refractivity contribution in [3.05, 3.63) is 24.3 Å². The lowest BCUT2D eigenvalue weighted by Gasteiger charge is -2.05. The smallest absolute Gasteiger partial charge is 0.272 e. The van der Waals surface area contributed by atoms with Crippen LogP contribution in [0.2, 0.25) is 0 Å². The molecule has 1 rings (SSSR count). The zero-order valence-electron chi connectivity index (χ0n) is 7.24. The zero-order chi connectivity index (χ0) is 10.4. The van der Waals surface area contributed by atoms with Crippen molar-refractivity contribution in [3.63, 3.8) is 0 Å². The molecule has 1 aromatic rings. The quantitative estimate of drug-likeness (QED) is 0.739. The number of anilines is 1. The van der Waals surface area contributed by atoms with Crippen LogP contribution in [0.1, 0.15) is 0 Å². The fraction of sp³-hybridized carbons (Fsp3) is 0.222. The summed E-state index contributed by atoms with van der Waals surface area (Å²) < 4.78 is 28.2. The number of ether oxygens (including phenoxy) is 1. The van der Waals surface area contributed by atoms with E-state index in [0.29, 0.717) is 17.8 Å². The van der Waals surface area contributed by atoms with Crippen LogP contribution in [0.3, 0.4) is 0 Å². The first-order valence-electron chi connectivity index (χ1n) is 3.93. The molecule has 0 aromatic heterocycles. The maximum atomic E-state index is 11.7. The first kappa shape index (κ1) is 10.4. The Labute approximate surface area is 79.7 Å². The van der Waals surface area contributed by atoms with Crippen molar-refractivity contribution >= 4 is 12.1 Å². The summed E-state index contributed by atoms with van der Waals surface area (Å²) in [7, 11) is 0. The highest BCUT2D eigenvalue weighted by Gasteiger charge is 2.02. The number of halogens is 2. The van der Waals surface area contributed by atoms with E-state index in [9.17, 15) is 13.6 Å². The van der Waals surface area contributed by atoms with Gasteiger partial charge in [-0.15, -0.1) is 0 Å². The Hall–Kier alpha value is -1.65. The molecule has 0 saturated carbocycles. The van der Waals surface area contributed by atoms with Crippen LogP contribution in [0, 0.1) is 0 Å². The van der Waals surface area contributed by atoms with E-state index in [1.165, 1.54) is 12.1 Å². The van der Waals surface area contributed by atoms with E-state index in [-0.39, 0.29) is 0 Å². The van der Waals surface area contributed by atoms with Gasteiger partial charge in [-0.2, -0.15) is 0 Å². The summed E-state index contributed by atoms with van der Waals surface area (Å²) in [4.78, 5) is 10.0. The van der Waals surface area contributed by atoms with Crippen molar-refractivity contribution in [2.75, 3.05) is 11.9 Å². The standard InChI is InChI=1S/C9H9F2NO2/c10-9(11)5-14-8-3-1-7(2-4-8)12-6-13/h1-4,6,9H,5H2,(H,12,13). The summed E-state index contributed by atoms with van der Waals surface area (Å²) in [6.45, 7) is -0.625. The summed E-state index contributed by atoms with van der Waals surface area (Å²) in [6, 6.07) is 6.15. The summed E-state index contributed by atoms with van der Waals surface area (Å²) in [6.07, 6.45) is -1.95. The van der Waals surface area contributed by atoms with Gasteiger partial charge >= 0.3 is 0 Å². The third-order valence-electron chi connectivity index (χ3n) is 1.46. The van der Waals surface area contributed by atoms with Crippen LogP contribution in [0.4, 0.5) is 14.5 Å². The minimum atomic E-state index is -2.48. The van der Waals surface area contributed by atoms with Crippen molar-refractivity contribution in [3.8, 4) is 5.75 Å². The van der Waals surface area contributed by atoms with Gasteiger partial charge in [-0.05, 0) is 24.3 Å². The van der Waals surface area contributed by atoms with Crippen molar-refractivity contribution in [2.24, 2.45) is 0 Å². The number of rotatable bonds is 5. The Kier molecular flexibility index (Phi) is 3.84. The molecule has 0 saturated heterocycles. The normalized spacial score (nSPS) is 9.93. The molecule has 1 aromatic carbocycles. The number of amides is 1. The van der Waals surface area contributed by atoms with Gasteiger partial charge in [-0.25, -0.2) is 8.78 Å². The predicted octanol–water partition coefficient (Wildman–Crippen LogP) is 1.90. The van der Waals surface area contributed by atoms with Gasteiger partial charge in [0.2, 0.25) is 6.41 Å². The molecule has 0 radical (unpaired) electrons. The van der Waals surface area contributed by atoms with Crippen molar-refractivity contribution < 1.29 is 18.3 Å². The molecule has 76 valence electrons. The third kappa shape index (κ3) is 3.38. The maximum absolute atomic E-state index is 11.7. The van der Waals surface area contributed by atoms with E-state index in [0.717, 1.165) is 0 Å². The fourth-order valence-corrected chi connectivity index (χ4v) is 0.875. The van der Waals surface area contributed by atoms with Crippen molar-refractivity contribution in [1.82, 2.24) is 0 Å². The van der Waals surface area contributed by atoms with E-state index in [2.05, 4.69) is 5.32 Å². The minimum Gasteiger partial charge on any atom is -0.488 e. The molecule has 3 nitrogen and oxygen atoms in total. The lowest BCUT2D eigenvalue weighted by Crippen LogP contribution is -2.06. The fourth-order valence-electron chi connectivity index (χ4n) is 0.875.